The Balaban J connectivity index is 1.41. The lowest BCUT2D eigenvalue weighted by Crippen LogP contribution is -2.43. The van der Waals surface area contributed by atoms with Gasteiger partial charge in [-0.15, -0.1) is 0 Å². The molecule has 1 aliphatic rings. The van der Waals surface area contributed by atoms with E-state index in [2.05, 4.69) is 11.5 Å². The number of carbonyl (C=O) groups is 2. The molecule has 2 N–H and O–H groups in total. The summed E-state index contributed by atoms with van der Waals surface area (Å²) in [5, 5.41) is 28.1. The van der Waals surface area contributed by atoms with E-state index in [1.807, 2.05) is 63.7 Å². The van der Waals surface area contributed by atoms with Crippen molar-refractivity contribution < 1.29 is 29.3 Å². The van der Waals surface area contributed by atoms with Gasteiger partial charge in [-0.3, -0.25) is 9.48 Å². The standard InChI is InChI=1S/C42H45Cl2N5O6/c1-22-15-29(16-23(2)37(22)44)55-13-8-9-30-31-10-11-32(43)36(35-25(4)45-46(6)26(35)5)39(31)49-24(3)20-48(41(51)40(30)49)33-18-27(21-50)17-28-19-34(42(52)53)47(38(28)33)12-14-54-7/h10-11,15-19,24,50H,8-9,12-14,20-21H2,1-7H3,(H,52,53). The molecular formula is C42H45Cl2N5O6. The first-order valence-electron chi connectivity index (χ1n) is 18.3. The third-order valence-corrected chi connectivity index (χ3v) is 11.7. The Morgan fingerprint density at radius 3 is 2.36 bits per heavy atom. The number of carboxylic acids is 1. The van der Waals surface area contributed by atoms with Gasteiger partial charge in [-0.05, 0) is 106 Å². The van der Waals surface area contributed by atoms with Gasteiger partial charge in [0.1, 0.15) is 17.1 Å². The second-order valence-electron chi connectivity index (χ2n) is 14.5. The summed E-state index contributed by atoms with van der Waals surface area (Å²) in [6.45, 7) is 10.9. The number of aromatic carboxylic acids is 1. The number of anilines is 1. The van der Waals surface area contributed by atoms with Crippen LogP contribution in [0.2, 0.25) is 10.0 Å². The molecule has 0 fully saturated rings. The number of benzene rings is 3. The Morgan fingerprint density at radius 1 is 1.00 bits per heavy atom. The molecule has 0 spiro atoms. The second-order valence-corrected chi connectivity index (χ2v) is 15.2. The number of ether oxygens (including phenoxy) is 2. The fraction of sp³-hybridized carbons (Fsp3) is 0.357. The summed E-state index contributed by atoms with van der Waals surface area (Å²) in [5.41, 5.74) is 9.46. The lowest BCUT2D eigenvalue weighted by Gasteiger charge is -2.35. The van der Waals surface area contributed by atoms with Gasteiger partial charge in [0.25, 0.3) is 5.91 Å². The first-order chi connectivity index (χ1) is 26.3. The molecule has 6 aromatic rings. The quantitative estimate of drug-likeness (QED) is 0.119. The predicted molar refractivity (Wildman–Crippen MR) is 216 cm³/mol. The Morgan fingerprint density at radius 2 is 1.73 bits per heavy atom. The third-order valence-electron chi connectivity index (χ3n) is 10.8. The molecule has 11 nitrogen and oxygen atoms in total. The summed E-state index contributed by atoms with van der Waals surface area (Å²) in [5.74, 6) is -0.592. The summed E-state index contributed by atoms with van der Waals surface area (Å²) < 4.78 is 17.2. The molecule has 1 atom stereocenters. The molecule has 1 aliphatic heterocycles. The van der Waals surface area contributed by atoms with E-state index in [1.165, 1.54) is 0 Å². The van der Waals surface area contributed by atoms with Crippen LogP contribution in [0.1, 0.15) is 74.0 Å². The molecule has 3 aromatic heterocycles. The highest BCUT2D eigenvalue weighted by atomic mass is 35.5. The number of aryl methyl sites for hydroxylation is 5. The van der Waals surface area contributed by atoms with E-state index in [0.29, 0.717) is 52.3 Å². The van der Waals surface area contributed by atoms with Crippen LogP contribution in [0.15, 0.2) is 42.5 Å². The summed E-state index contributed by atoms with van der Waals surface area (Å²) >= 11 is 13.5. The van der Waals surface area contributed by atoms with Crippen molar-refractivity contribution in [1.29, 1.82) is 0 Å². The van der Waals surface area contributed by atoms with Crippen LogP contribution in [-0.2, 0) is 31.4 Å². The average molecular weight is 787 g/mol. The smallest absolute Gasteiger partial charge is 0.352 e. The molecule has 4 heterocycles. The molecule has 0 bridgehead atoms. The Bertz CT molecular complexity index is 2490. The number of nitrogens with zero attached hydrogens (tertiary/aromatic N) is 5. The zero-order chi connectivity index (χ0) is 39.5. The minimum Gasteiger partial charge on any atom is -0.494 e. The Hall–Kier alpha value is -4.81. The Kier molecular flexibility index (Phi) is 10.5. The number of hydrogen-bond acceptors (Lipinski definition) is 6. The van der Waals surface area contributed by atoms with E-state index in [0.717, 1.165) is 60.9 Å². The fourth-order valence-corrected chi connectivity index (χ4v) is 8.63. The van der Waals surface area contributed by atoms with E-state index in [1.54, 1.807) is 34.8 Å². The van der Waals surface area contributed by atoms with Gasteiger partial charge in [-0.2, -0.15) is 5.10 Å². The van der Waals surface area contributed by atoms with Crippen molar-refractivity contribution in [2.45, 2.75) is 66.7 Å². The van der Waals surface area contributed by atoms with Gasteiger partial charge >= 0.3 is 5.97 Å². The fourth-order valence-electron chi connectivity index (χ4n) is 8.28. The van der Waals surface area contributed by atoms with Crippen LogP contribution in [0.3, 0.4) is 0 Å². The maximum Gasteiger partial charge on any atom is 0.352 e. The summed E-state index contributed by atoms with van der Waals surface area (Å²) in [6.07, 6.45) is 1.14. The first-order valence-corrected chi connectivity index (χ1v) is 19.1. The van der Waals surface area contributed by atoms with E-state index >= 15 is 4.79 Å². The average Bonchev–Trinajstić information content (AvgIpc) is 3.77. The molecule has 7 rings (SSSR count). The van der Waals surface area contributed by atoms with Crippen molar-refractivity contribution in [3.8, 4) is 16.9 Å². The van der Waals surface area contributed by atoms with Gasteiger partial charge < -0.3 is 33.7 Å². The van der Waals surface area contributed by atoms with Crippen molar-refractivity contribution >= 4 is 62.6 Å². The normalized spacial score (nSPS) is 14.4. The van der Waals surface area contributed by atoms with Crippen molar-refractivity contribution in [2.24, 2.45) is 7.05 Å². The summed E-state index contributed by atoms with van der Waals surface area (Å²) in [7, 11) is 3.47. The minimum absolute atomic E-state index is 0.0725. The van der Waals surface area contributed by atoms with Crippen LogP contribution in [0, 0.1) is 27.7 Å². The number of carbonyl (C=O) groups excluding carboxylic acids is 1. The highest BCUT2D eigenvalue weighted by Gasteiger charge is 2.38. The summed E-state index contributed by atoms with van der Waals surface area (Å²) in [6, 6.07) is 12.7. The van der Waals surface area contributed by atoms with Crippen LogP contribution in [0.25, 0.3) is 32.9 Å². The maximum absolute atomic E-state index is 15.3. The molecule has 13 heteroatoms. The van der Waals surface area contributed by atoms with Gasteiger partial charge in [-0.25, -0.2) is 4.79 Å². The van der Waals surface area contributed by atoms with Gasteiger partial charge in [0.05, 0.1) is 47.3 Å². The van der Waals surface area contributed by atoms with Crippen molar-refractivity contribution in [3.63, 3.8) is 0 Å². The van der Waals surface area contributed by atoms with Crippen LogP contribution in [0.5, 0.6) is 5.75 Å². The number of methoxy groups -OCH3 is 1. The van der Waals surface area contributed by atoms with Crippen molar-refractivity contribution in [2.75, 3.05) is 31.8 Å². The van der Waals surface area contributed by atoms with Crippen molar-refractivity contribution in [1.82, 2.24) is 18.9 Å². The lowest BCUT2D eigenvalue weighted by atomic mass is 9.98. The summed E-state index contributed by atoms with van der Waals surface area (Å²) in [4.78, 5) is 29.5. The minimum atomic E-state index is -1.10. The zero-order valence-corrected chi connectivity index (χ0v) is 33.6. The lowest BCUT2D eigenvalue weighted by molar-refractivity contribution is 0.0683. The molecule has 288 valence electrons. The van der Waals surface area contributed by atoms with E-state index in [-0.39, 0.29) is 43.9 Å². The van der Waals surface area contributed by atoms with Crippen molar-refractivity contribution in [3.05, 3.63) is 97.5 Å². The van der Waals surface area contributed by atoms with Gasteiger partial charge in [0.2, 0.25) is 0 Å². The maximum atomic E-state index is 15.3. The molecule has 0 radical (unpaired) electrons. The van der Waals surface area contributed by atoms with Gasteiger partial charge in [0, 0.05) is 65.9 Å². The van der Waals surface area contributed by atoms with Crippen LogP contribution in [-0.4, -0.2) is 67.9 Å². The number of rotatable bonds is 12. The predicted octanol–water partition coefficient (Wildman–Crippen LogP) is 8.61. The van der Waals surface area contributed by atoms with Gasteiger partial charge in [-0.1, -0.05) is 29.3 Å². The number of carboxylic acid groups (broad SMARTS) is 1. The molecule has 1 amide bonds. The number of aliphatic hydroxyl groups is 1. The molecule has 3 aromatic carbocycles. The van der Waals surface area contributed by atoms with Crippen LogP contribution < -0.4 is 9.64 Å². The van der Waals surface area contributed by atoms with E-state index in [9.17, 15) is 15.0 Å². The molecule has 55 heavy (non-hydrogen) atoms. The number of aliphatic hydroxyl groups excluding tert-OH is 1. The van der Waals surface area contributed by atoms with Crippen LogP contribution in [0.4, 0.5) is 5.69 Å². The first kappa shape index (κ1) is 38.5. The van der Waals surface area contributed by atoms with E-state index < -0.39 is 5.97 Å². The van der Waals surface area contributed by atoms with E-state index in [4.69, 9.17) is 37.8 Å². The third kappa shape index (κ3) is 6.56. The van der Waals surface area contributed by atoms with Gasteiger partial charge in [0.15, 0.2) is 0 Å². The zero-order valence-electron chi connectivity index (χ0n) is 32.1. The molecular weight excluding hydrogens is 741 g/mol. The Labute approximate surface area is 329 Å². The molecule has 0 saturated heterocycles. The highest BCUT2D eigenvalue weighted by Crippen LogP contribution is 2.46. The molecule has 0 saturated carbocycles. The second kappa shape index (κ2) is 15.0. The largest absolute Gasteiger partial charge is 0.494 e. The topological polar surface area (TPSA) is 124 Å². The highest BCUT2D eigenvalue weighted by molar-refractivity contribution is 6.35. The number of amides is 1. The number of hydrogen-bond donors (Lipinski definition) is 2. The van der Waals surface area contributed by atoms with Crippen LogP contribution >= 0.6 is 23.2 Å². The number of fused-ring (bicyclic) bond motifs is 4. The molecule has 1 unspecified atom stereocenters. The molecule has 0 aliphatic carbocycles. The SMILES string of the molecule is COCCn1c(C(=O)O)cc2cc(CO)cc(N3CC(C)n4c(c(CCCOc5cc(C)c(Cl)c(C)c5)c5ccc(Cl)c(-c6c(C)nn(C)c6C)c54)C3=O)c21. The monoisotopic (exact) mass is 785 g/mol. The number of aromatic nitrogens is 4. The number of halogens is 2.